The molecule has 1 aliphatic rings. The van der Waals surface area contributed by atoms with Gasteiger partial charge in [0.1, 0.15) is 10.6 Å². The Hall–Kier alpha value is -0.830. The van der Waals surface area contributed by atoms with Gasteiger partial charge in [0.15, 0.2) is 0 Å². The van der Waals surface area contributed by atoms with Gasteiger partial charge < -0.3 is 15.4 Å². The van der Waals surface area contributed by atoms with Gasteiger partial charge in [0, 0.05) is 22.7 Å². The molecular formula is C13H20BrN3O3S. The van der Waals surface area contributed by atoms with Gasteiger partial charge in [0.05, 0.1) is 7.11 Å². The average Bonchev–Trinajstić information content (AvgIpc) is 2.40. The van der Waals surface area contributed by atoms with Crippen LogP contribution in [-0.4, -0.2) is 46.6 Å². The molecule has 1 aromatic carbocycles. The molecule has 0 bridgehead atoms. The van der Waals surface area contributed by atoms with E-state index in [9.17, 15) is 8.42 Å². The number of nitrogens with zero attached hydrogens (tertiary/aromatic N) is 1. The molecule has 2 rings (SSSR count). The predicted molar refractivity (Wildman–Crippen MR) is 85.9 cm³/mol. The summed E-state index contributed by atoms with van der Waals surface area (Å²) in [6, 6.07) is 2.89. The van der Waals surface area contributed by atoms with E-state index in [2.05, 4.69) is 25.6 Å². The largest absolute Gasteiger partial charge is 0.495 e. The molecule has 1 atom stereocenters. The van der Waals surface area contributed by atoms with Crippen LogP contribution in [0.5, 0.6) is 5.75 Å². The lowest BCUT2D eigenvalue weighted by Gasteiger charge is -2.30. The van der Waals surface area contributed by atoms with E-state index in [-0.39, 0.29) is 16.7 Å². The average molecular weight is 378 g/mol. The van der Waals surface area contributed by atoms with Gasteiger partial charge >= 0.3 is 0 Å². The zero-order valence-corrected chi connectivity index (χ0v) is 14.5. The van der Waals surface area contributed by atoms with Crippen molar-refractivity contribution < 1.29 is 13.2 Å². The third kappa shape index (κ3) is 3.88. The van der Waals surface area contributed by atoms with Crippen LogP contribution in [0.2, 0.25) is 0 Å². The minimum Gasteiger partial charge on any atom is -0.495 e. The summed E-state index contributed by atoms with van der Waals surface area (Å²) in [7, 11) is -0.247. The Labute approximate surface area is 133 Å². The predicted octanol–water partition coefficient (Wildman–Crippen LogP) is 1.41. The summed E-state index contributed by atoms with van der Waals surface area (Å²) in [5.74, 6) is 0.271. The zero-order valence-electron chi connectivity index (χ0n) is 12.1. The summed E-state index contributed by atoms with van der Waals surface area (Å²) in [5, 5.41) is 0. The normalized spacial score (nSPS) is 20.4. The number of piperidine rings is 1. The molecule has 0 spiro atoms. The van der Waals surface area contributed by atoms with Crippen molar-refractivity contribution >= 4 is 31.6 Å². The molecule has 1 fully saturated rings. The highest BCUT2D eigenvalue weighted by molar-refractivity contribution is 9.10. The second kappa shape index (κ2) is 6.51. The van der Waals surface area contributed by atoms with Crippen LogP contribution < -0.4 is 15.2 Å². The quantitative estimate of drug-likeness (QED) is 0.774. The lowest BCUT2D eigenvalue weighted by Crippen LogP contribution is -2.46. The van der Waals surface area contributed by atoms with Gasteiger partial charge in [-0.2, -0.15) is 0 Å². The molecular weight excluding hydrogens is 358 g/mol. The number of ether oxygens (including phenoxy) is 1. The Morgan fingerprint density at radius 3 is 2.81 bits per heavy atom. The van der Waals surface area contributed by atoms with Gasteiger partial charge in [-0.1, -0.05) is 0 Å². The molecule has 8 heteroatoms. The first-order valence-corrected chi connectivity index (χ1v) is 8.95. The fraction of sp³-hybridized carbons (Fsp3) is 0.538. The standard InChI is InChI=1S/C13H20BrN3O3S/c1-17-5-3-4-9(8-17)16-21(18,19)13-7-11(15)10(14)6-12(13)20-2/h6-7,9,16H,3-5,8,15H2,1-2H3. The lowest BCUT2D eigenvalue weighted by molar-refractivity contribution is 0.242. The number of likely N-dealkylation sites (N-methyl/N-ethyl adjacent to an activating group) is 1. The summed E-state index contributed by atoms with van der Waals surface area (Å²) in [4.78, 5) is 2.18. The summed E-state index contributed by atoms with van der Waals surface area (Å²) in [5.41, 5.74) is 6.15. The molecule has 0 saturated carbocycles. The molecule has 1 unspecified atom stereocenters. The van der Waals surface area contributed by atoms with Crippen LogP contribution >= 0.6 is 15.9 Å². The van der Waals surface area contributed by atoms with Crippen LogP contribution in [0, 0.1) is 0 Å². The number of halogens is 1. The summed E-state index contributed by atoms with van der Waals surface area (Å²) in [6.07, 6.45) is 1.81. The molecule has 1 heterocycles. The van der Waals surface area contributed by atoms with Gasteiger partial charge in [-0.25, -0.2) is 13.1 Å². The number of hydrogen-bond donors (Lipinski definition) is 2. The number of nitrogens with two attached hydrogens (primary N) is 1. The third-order valence-corrected chi connectivity index (χ3v) is 5.75. The van der Waals surface area contributed by atoms with Crippen molar-refractivity contribution in [1.82, 2.24) is 9.62 Å². The van der Waals surface area contributed by atoms with Gasteiger partial charge in [-0.3, -0.25) is 0 Å². The maximum absolute atomic E-state index is 12.6. The van der Waals surface area contributed by atoms with Crippen LogP contribution in [-0.2, 0) is 10.0 Å². The molecule has 1 saturated heterocycles. The van der Waals surface area contributed by atoms with E-state index in [0.29, 0.717) is 16.7 Å². The molecule has 1 aliphatic heterocycles. The van der Waals surface area contributed by atoms with Crippen molar-refractivity contribution in [3.8, 4) is 5.75 Å². The van der Waals surface area contributed by atoms with Crippen LogP contribution in [0.25, 0.3) is 0 Å². The molecule has 3 N–H and O–H groups in total. The SMILES string of the molecule is COc1cc(Br)c(N)cc1S(=O)(=O)NC1CCCN(C)C1. The second-order valence-corrected chi connectivity index (χ2v) is 7.78. The number of benzene rings is 1. The first kappa shape index (κ1) is 16.5. The molecule has 1 aromatic rings. The number of rotatable bonds is 4. The van der Waals surface area contributed by atoms with Gasteiger partial charge in [0.2, 0.25) is 10.0 Å². The molecule has 6 nitrogen and oxygen atoms in total. The number of likely N-dealkylation sites (tertiary alicyclic amines) is 1. The van der Waals surface area contributed by atoms with Crippen LogP contribution in [0.1, 0.15) is 12.8 Å². The summed E-state index contributed by atoms with van der Waals surface area (Å²) < 4.78 is 33.7. The van der Waals surface area contributed by atoms with E-state index in [1.165, 1.54) is 13.2 Å². The first-order valence-electron chi connectivity index (χ1n) is 6.67. The van der Waals surface area contributed by atoms with E-state index in [0.717, 1.165) is 19.4 Å². The fourth-order valence-corrected chi connectivity index (χ4v) is 4.24. The van der Waals surface area contributed by atoms with E-state index in [4.69, 9.17) is 10.5 Å². The smallest absolute Gasteiger partial charge is 0.244 e. The number of nitrogens with one attached hydrogen (secondary N) is 1. The number of anilines is 1. The number of nitrogen functional groups attached to an aromatic ring is 1. The van der Waals surface area contributed by atoms with Gasteiger partial charge in [-0.05, 0) is 54.5 Å². The Balaban J connectivity index is 2.29. The van der Waals surface area contributed by atoms with Crippen molar-refractivity contribution in [2.24, 2.45) is 0 Å². The summed E-state index contributed by atoms with van der Waals surface area (Å²) in [6.45, 7) is 1.69. The Morgan fingerprint density at radius 1 is 1.48 bits per heavy atom. The highest BCUT2D eigenvalue weighted by Gasteiger charge is 2.26. The van der Waals surface area contributed by atoms with Crippen molar-refractivity contribution in [2.75, 3.05) is 33.0 Å². The number of methoxy groups -OCH3 is 1. The van der Waals surface area contributed by atoms with Crippen LogP contribution in [0.15, 0.2) is 21.5 Å². The van der Waals surface area contributed by atoms with Crippen molar-refractivity contribution in [2.45, 2.75) is 23.8 Å². The minimum absolute atomic E-state index is 0.0685. The highest BCUT2D eigenvalue weighted by Crippen LogP contribution is 2.32. The first-order chi connectivity index (χ1) is 9.83. The molecule has 0 aliphatic carbocycles. The van der Waals surface area contributed by atoms with Crippen molar-refractivity contribution in [3.05, 3.63) is 16.6 Å². The van der Waals surface area contributed by atoms with E-state index < -0.39 is 10.0 Å². The number of sulfonamides is 1. The third-order valence-electron chi connectivity index (χ3n) is 3.52. The van der Waals surface area contributed by atoms with Crippen molar-refractivity contribution in [1.29, 1.82) is 0 Å². The van der Waals surface area contributed by atoms with E-state index in [1.807, 2.05) is 7.05 Å². The fourth-order valence-electron chi connectivity index (χ4n) is 2.47. The van der Waals surface area contributed by atoms with E-state index in [1.54, 1.807) is 6.07 Å². The van der Waals surface area contributed by atoms with Gasteiger partial charge in [-0.15, -0.1) is 0 Å². The topological polar surface area (TPSA) is 84.7 Å². The minimum atomic E-state index is -3.67. The Bertz CT molecular complexity index is 621. The van der Waals surface area contributed by atoms with Crippen molar-refractivity contribution in [3.63, 3.8) is 0 Å². The second-order valence-electron chi connectivity index (χ2n) is 5.25. The molecule has 0 amide bonds. The molecule has 118 valence electrons. The Kier molecular flexibility index (Phi) is 5.13. The molecule has 0 radical (unpaired) electrons. The maximum Gasteiger partial charge on any atom is 0.244 e. The molecule has 0 aromatic heterocycles. The van der Waals surface area contributed by atoms with E-state index >= 15 is 0 Å². The van der Waals surface area contributed by atoms with Crippen LogP contribution in [0.4, 0.5) is 5.69 Å². The monoisotopic (exact) mass is 377 g/mol. The molecule has 21 heavy (non-hydrogen) atoms. The lowest BCUT2D eigenvalue weighted by atomic mass is 10.1. The maximum atomic E-state index is 12.6. The zero-order chi connectivity index (χ0) is 15.6. The summed E-state index contributed by atoms with van der Waals surface area (Å²) >= 11 is 3.27. The number of hydrogen-bond acceptors (Lipinski definition) is 5. The van der Waals surface area contributed by atoms with Crippen LogP contribution in [0.3, 0.4) is 0 Å². The highest BCUT2D eigenvalue weighted by atomic mass is 79.9. The van der Waals surface area contributed by atoms with Gasteiger partial charge in [0.25, 0.3) is 0 Å². The Morgan fingerprint density at radius 2 is 2.19 bits per heavy atom.